The monoisotopic (exact) mass is 1240 g/mol. The first kappa shape index (κ1) is 67.1. The maximum atomic E-state index is 15.1. The number of aliphatic hydroxyl groups excluding tert-OH is 16. The molecule has 27 heteroatoms. The number of fused-ring (bicyclic) bond motifs is 7. The summed E-state index contributed by atoms with van der Waals surface area (Å²) in [7, 11) is 0. The summed E-state index contributed by atoms with van der Waals surface area (Å²) in [4.78, 5) is 15.1. The van der Waals surface area contributed by atoms with Crippen molar-refractivity contribution in [3.05, 3.63) is 11.6 Å². The molecule has 9 fully saturated rings. The van der Waals surface area contributed by atoms with E-state index in [0.717, 1.165) is 6.42 Å². The zero-order chi connectivity index (χ0) is 62.7. The number of allylic oxidation sites excluding steroid dienone is 2. The molecule has 5 heterocycles. The molecule has 0 aromatic heterocycles. The average Bonchev–Trinajstić information content (AvgIpc) is 0.689. The third-order valence-electron chi connectivity index (χ3n) is 23.2. The summed E-state index contributed by atoms with van der Waals surface area (Å²) in [6.45, 7) is 12.1. The second kappa shape index (κ2) is 24.9. The number of ether oxygens (including phenoxy) is 10. The van der Waals surface area contributed by atoms with Gasteiger partial charge in [-0.15, -0.1) is 0 Å². The van der Waals surface area contributed by atoms with Crippen molar-refractivity contribution in [2.45, 2.75) is 266 Å². The molecule has 494 valence electrons. The van der Waals surface area contributed by atoms with Gasteiger partial charge in [0.05, 0.1) is 50.7 Å². The second-order valence-electron chi connectivity index (χ2n) is 28.5. The van der Waals surface area contributed by atoms with Crippen molar-refractivity contribution in [2.75, 3.05) is 33.0 Å². The molecule has 5 aliphatic heterocycles. The van der Waals surface area contributed by atoms with E-state index in [9.17, 15) is 81.7 Å². The Morgan fingerprint density at radius 3 is 1.77 bits per heavy atom. The maximum Gasteiger partial charge on any atom is 0.315 e. The van der Waals surface area contributed by atoms with Crippen LogP contribution in [0.25, 0.3) is 0 Å². The number of rotatable bonds is 14. The lowest BCUT2D eigenvalue weighted by atomic mass is 9.33. The van der Waals surface area contributed by atoms with Gasteiger partial charge in [0, 0.05) is 5.41 Å². The summed E-state index contributed by atoms with van der Waals surface area (Å²) in [6.07, 6.45) is -31.4. The Morgan fingerprint density at radius 1 is 0.558 bits per heavy atom. The Hall–Kier alpha value is -1.79. The first-order valence-electron chi connectivity index (χ1n) is 30.8. The lowest BCUT2D eigenvalue weighted by Crippen LogP contribution is -2.67. The van der Waals surface area contributed by atoms with Crippen LogP contribution in [0.1, 0.15) is 113 Å². The largest absolute Gasteiger partial charge is 0.432 e. The van der Waals surface area contributed by atoms with Crippen molar-refractivity contribution in [2.24, 2.45) is 50.2 Å². The molecule has 0 aromatic rings. The van der Waals surface area contributed by atoms with Gasteiger partial charge >= 0.3 is 5.97 Å². The third kappa shape index (κ3) is 11.2. The van der Waals surface area contributed by atoms with Gasteiger partial charge in [-0.05, 0) is 111 Å². The molecule has 33 atom stereocenters. The van der Waals surface area contributed by atoms with Gasteiger partial charge in [0.25, 0.3) is 0 Å². The van der Waals surface area contributed by atoms with E-state index in [-0.39, 0.29) is 47.2 Å². The van der Waals surface area contributed by atoms with Crippen molar-refractivity contribution in [3.8, 4) is 0 Å². The normalized spacial score (nSPS) is 54.8. The van der Waals surface area contributed by atoms with Gasteiger partial charge in [0.15, 0.2) is 25.2 Å². The predicted molar refractivity (Wildman–Crippen MR) is 289 cm³/mol. The van der Waals surface area contributed by atoms with E-state index in [1.54, 1.807) is 0 Å². The Balaban J connectivity index is 0.849. The molecule has 86 heavy (non-hydrogen) atoms. The Bertz CT molecular complexity index is 2380. The second-order valence-corrected chi connectivity index (χ2v) is 28.5. The molecule has 0 aromatic carbocycles. The first-order chi connectivity index (χ1) is 40.4. The number of hydrogen-bond donors (Lipinski definition) is 16. The molecule has 0 spiro atoms. The third-order valence-corrected chi connectivity index (χ3v) is 23.2. The molecule has 27 nitrogen and oxygen atoms in total. The fourth-order valence-electron chi connectivity index (χ4n) is 17.6. The number of carbonyl (C=O) groups excluding carboxylic acids is 1. The Labute approximate surface area is 499 Å². The molecular formula is C59H96O27. The summed E-state index contributed by atoms with van der Waals surface area (Å²) >= 11 is 0. The lowest BCUT2D eigenvalue weighted by Gasteiger charge is -2.71. The highest BCUT2D eigenvalue weighted by atomic mass is 16.8. The van der Waals surface area contributed by atoms with Crippen molar-refractivity contribution in [1.82, 2.24) is 0 Å². The Kier molecular flexibility index (Phi) is 19.4. The summed E-state index contributed by atoms with van der Waals surface area (Å²) in [6, 6.07) is 0. The van der Waals surface area contributed by atoms with Crippen LogP contribution in [0.2, 0.25) is 0 Å². The molecule has 16 N–H and O–H groups in total. The van der Waals surface area contributed by atoms with E-state index in [4.69, 9.17) is 47.4 Å². The number of esters is 1. The summed E-state index contributed by atoms with van der Waals surface area (Å²) in [5.74, 6) is -0.929. The van der Waals surface area contributed by atoms with Crippen LogP contribution in [0.15, 0.2) is 11.6 Å². The SMILES string of the molecule is C[C@@H]1O[C@@H](O[C@H]2[C@H](O[C@H]3CC[C@@]4(C)[C@@H](CC[C@]5(C)[C@@H]4CC=C4[C@H]6CC(C)(C)CC[C@]6(C(=O)O[C@@H]6O[C@H](CO[C@@H]7O[C@H](CO)[C@@H](O)[C@H](O)[C@H]7O)[C@@H](O)[C@H](O)[C@H]6O)CC[C@]45C)[C@]3(C)CO)OC[C@H](O)[C@@H]2O)[C@H](O)[C@H](O[C@@H]2O[C@H](CO)[C@@H](O)[C@H](O)[C@H]2O)[C@H]1O. The molecule has 4 saturated carbocycles. The number of carbonyl (C=O) groups is 1. The van der Waals surface area contributed by atoms with Gasteiger partial charge in [0.2, 0.25) is 6.29 Å². The highest BCUT2D eigenvalue weighted by Gasteiger charge is 2.71. The predicted octanol–water partition coefficient (Wildman–Crippen LogP) is -3.57. The van der Waals surface area contributed by atoms with Crippen LogP contribution < -0.4 is 0 Å². The minimum Gasteiger partial charge on any atom is -0.432 e. The maximum absolute atomic E-state index is 15.1. The molecule has 10 rings (SSSR count). The van der Waals surface area contributed by atoms with Crippen LogP contribution in [0.4, 0.5) is 0 Å². The summed E-state index contributed by atoms with van der Waals surface area (Å²) in [5, 5.41) is 172. The van der Waals surface area contributed by atoms with E-state index >= 15 is 4.79 Å². The minimum atomic E-state index is -1.87. The van der Waals surface area contributed by atoms with Gasteiger partial charge in [-0.3, -0.25) is 4.79 Å². The van der Waals surface area contributed by atoms with Crippen molar-refractivity contribution >= 4 is 5.97 Å². The summed E-state index contributed by atoms with van der Waals surface area (Å²) in [5.41, 5.74) is -2.07. The van der Waals surface area contributed by atoms with Crippen molar-refractivity contribution in [3.63, 3.8) is 0 Å². The average molecular weight is 1240 g/mol. The van der Waals surface area contributed by atoms with Gasteiger partial charge in [0.1, 0.15) is 110 Å². The summed E-state index contributed by atoms with van der Waals surface area (Å²) < 4.78 is 59.5. The minimum absolute atomic E-state index is 0.0885. The van der Waals surface area contributed by atoms with Crippen LogP contribution in [-0.2, 0) is 52.2 Å². The fraction of sp³-hybridized carbons (Fsp3) is 0.949. The zero-order valence-corrected chi connectivity index (χ0v) is 50.0. The van der Waals surface area contributed by atoms with E-state index in [0.29, 0.717) is 57.8 Å². The van der Waals surface area contributed by atoms with Crippen LogP contribution >= 0.6 is 0 Å². The zero-order valence-electron chi connectivity index (χ0n) is 50.0. The Morgan fingerprint density at radius 2 is 1.13 bits per heavy atom. The smallest absolute Gasteiger partial charge is 0.315 e. The topological polar surface area (TPSA) is 433 Å². The molecule has 0 radical (unpaired) electrons. The molecule has 10 aliphatic rings. The fourth-order valence-corrected chi connectivity index (χ4v) is 17.6. The number of aliphatic hydroxyl groups is 16. The molecule has 0 bridgehead atoms. The van der Waals surface area contributed by atoms with E-state index < -0.39 is 196 Å². The molecular weight excluding hydrogens is 1140 g/mol. The van der Waals surface area contributed by atoms with Crippen molar-refractivity contribution < 1.29 is 134 Å². The standard InChI is InChI=1S/C59H96O27/c1-24-34(64)46(84-49-43(73)40(70)37(67)29(20-61)81-49)45(75)51(79-24)85-47-35(65)27(63)21-77-52(47)83-33-11-12-55(4)31(56(33,5)23-62)10-13-58(7)32(55)9-8-25-26-18-54(2,3)14-16-59(26,17-15-57(25,58)6)53(76)86-50-44(74)41(71)38(68)30(82-50)22-78-48-42(72)39(69)36(66)28(19-60)80-48/h8,24,26-52,60-75H,9-23H2,1-7H3/t24-,26+,27-,28+,29+,30+,31+,32+,33-,34-,35-,36+,37+,38+,39-,40-,41-,42+,43+,44+,45+,46+,47+,48+,49-,50-,51-,52-,55-,56-,57+,58+,59-/m0/s1. The van der Waals surface area contributed by atoms with Gasteiger partial charge in [-0.1, -0.05) is 53.2 Å². The van der Waals surface area contributed by atoms with Crippen LogP contribution in [-0.4, -0.2) is 274 Å². The number of hydrogen-bond acceptors (Lipinski definition) is 27. The quantitative estimate of drug-likeness (QED) is 0.0454. The van der Waals surface area contributed by atoms with E-state index in [2.05, 4.69) is 40.7 Å². The van der Waals surface area contributed by atoms with Gasteiger partial charge < -0.3 is 129 Å². The van der Waals surface area contributed by atoms with Crippen LogP contribution in [0.5, 0.6) is 0 Å². The highest BCUT2D eigenvalue weighted by Crippen LogP contribution is 2.76. The van der Waals surface area contributed by atoms with Gasteiger partial charge in [-0.2, -0.15) is 0 Å². The highest BCUT2D eigenvalue weighted by molar-refractivity contribution is 5.79. The molecule has 0 amide bonds. The lowest BCUT2D eigenvalue weighted by molar-refractivity contribution is -0.383. The van der Waals surface area contributed by atoms with Crippen LogP contribution in [0, 0.1) is 50.2 Å². The molecule has 0 unspecified atom stereocenters. The van der Waals surface area contributed by atoms with Crippen LogP contribution in [0.3, 0.4) is 0 Å². The first-order valence-corrected chi connectivity index (χ1v) is 30.8. The van der Waals surface area contributed by atoms with Gasteiger partial charge in [-0.25, -0.2) is 0 Å². The van der Waals surface area contributed by atoms with E-state index in [1.807, 2.05) is 6.92 Å². The van der Waals surface area contributed by atoms with E-state index in [1.165, 1.54) is 12.5 Å². The molecule has 5 saturated heterocycles. The van der Waals surface area contributed by atoms with Crippen molar-refractivity contribution in [1.29, 1.82) is 0 Å². The molecule has 5 aliphatic carbocycles.